The molecule has 1 aliphatic rings. The van der Waals surface area contributed by atoms with Gasteiger partial charge in [-0.15, -0.1) is 24.0 Å². The zero-order valence-corrected chi connectivity index (χ0v) is 16.8. The van der Waals surface area contributed by atoms with Crippen LogP contribution in [-0.4, -0.2) is 37.7 Å². The van der Waals surface area contributed by atoms with Gasteiger partial charge in [-0.25, -0.2) is 4.99 Å². The maximum Gasteiger partial charge on any atom is 0.191 e. The van der Waals surface area contributed by atoms with Crippen LogP contribution in [-0.2, 0) is 6.54 Å². The summed E-state index contributed by atoms with van der Waals surface area (Å²) in [6.07, 6.45) is 3.63. The molecule has 0 unspecified atom stereocenters. The molecule has 1 aromatic carbocycles. The molecule has 0 radical (unpaired) electrons. The number of halogens is 2. The van der Waals surface area contributed by atoms with Crippen molar-refractivity contribution in [1.29, 1.82) is 0 Å². The standard InChI is InChI=1S/C16H24ClN3O2.HI/c1-3-22-15-13(17)9-12(10-14(15)21-2)11-19-16(18)20-7-5-4-6-8-20;/h9-10H,3-8,11H2,1-2H3,(H2,18,19);1H. The summed E-state index contributed by atoms with van der Waals surface area (Å²) >= 11 is 6.26. The van der Waals surface area contributed by atoms with Gasteiger partial charge in [0.25, 0.3) is 0 Å². The third-order valence-electron chi connectivity index (χ3n) is 3.68. The van der Waals surface area contributed by atoms with E-state index in [9.17, 15) is 0 Å². The lowest BCUT2D eigenvalue weighted by Crippen LogP contribution is -2.40. The van der Waals surface area contributed by atoms with E-state index in [1.807, 2.05) is 19.1 Å². The van der Waals surface area contributed by atoms with Gasteiger partial charge in [-0.05, 0) is 43.9 Å². The van der Waals surface area contributed by atoms with Crippen molar-refractivity contribution < 1.29 is 9.47 Å². The largest absolute Gasteiger partial charge is 0.493 e. The van der Waals surface area contributed by atoms with Crippen LogP contribution in [0.2, 0.25) is 5.02 Å². The minimum absolute atomic E-state index is 0. The van der Waals surface area contributed by atoms with E-state index in [1.54, 1.807) is 7.11 Å². The number of guanidine groups is 1. The number of ether oxygens (including phenoxy) is 2. The molecule has 2 N–H and O–H groups in total. The predicted octanol–water partition coefficient (Wildman–Crippen LogP) is 3.67. The summed E-state index contributed by atoms with van der Waals surface area (Å²) in [5.74, 6) is 1.79. The smallest absolute Gasteiger partial charge is 0.191 e. The molecule has 1 saturated heterocycles. The van der Waals surface area contributed by atoms with E-state index < -0.39 is 0 Å². The number of nitrogens with zero attached hydrogens (tertiary/aromatic N) is 2. The van der Waals surface area contributed by atoms with Gasteiger partial charge in [0, 0.05) is 13.1 Å². The predicted molar refractivity (Wildman–Crippen MR) is 105 cm³/mol. The van der Waals surface area contributed by atoms with Crippen molar-refractivity contribution in [2.24, 2.45) is 10.7 Å². The van der Waals surface area contributed by atoms with Crippen LogP contribution in [0.3, 0.4) is 0 Å². The normalized spacial score (nSPS) is 15.1. The van der Waals surface area contributed by atoms with Gasteiger partial charge in [-0.3, -0.25) is 0 Å². The SMILES string of the molecule is CCOc1c(Cl)cc(CN=C(N)N2CCCCC2)cc1OC.I. The number of rotatable bonds is 5. The van der Waals surface area contributed by atoms with Gasteiger partial charge < -0.3 is 20.1 Å². The Kier molecular flexibility index (Phi) is 8.83. The molecule has 0 spiro atoms. The van der Waals surface area contributed by atoms with Crippen molar-refractivity contribution in [1.82, 2.24) is 4.90 Å². The molecule has 7 heteroatoms. The first-order valence-electron chi connectivity index (χ1n) is 7.69. The van der Waals surface area contributed by atoms with E-state index in [0.29, 0.717) is 35.6 Å². The molecule has 130 valence electrons. The summed E-state index contributed by atoms with van der Waals surface area (Å²) in [5.41, 5.74) is 7.02. The third-order valence-corrected chi connectivity index (χ3v) is 3.96. The Morgan fingerprint density at radius 2 is 2.00 bits per heavy atom. The summed E-state index contributed by atoms with van der Waals surface area (Å²) in [4.78, 5) is 6.61. The van der Waals surface area contributed by atoms with Crippen LogP contribution in [0.1, 0.15) is 31.7 Å². The Labute approximate surface area is 160 Å². The van der Waals surface area contributed by atoms with E-state index in [2.05, 4.69) is 9.89 Å². The molecule has 23 heavy (non-hydrogen) atoms. The molecule has 1 aliphatic heterocycles. The van der Waals surface area contributed by atoms with Crippen LogP contribution in [0.4, 0.5) is 0 Å². The summed E-state index contributed by atoms with van der Waals surface area (Å²) in [6, 6.07) is 3.74. The number of piperidine rings is 1. The first-order valence-corrected chi connectivity index (χ1v) is 8.07. The van der Waals surface area contributed by atoms with Gasteiger partial charge >= 0.3 is 0 Å². The second-order valence-electron chi connectivity index (χ2n) is 5.26. The highest BCUT2D eigenvalue weighted by molar-refractivity contribution is 14.0. The van der Waals surface area contributed by atoms with E-state index in [1.165, 1.54) is 19.3 Å². The molecular weight excluding hydrogens is 429 g/mol. The second-order valence-corrected chi connectivity index (χ2v) is 5.67. The van der Waals surface area contributed by atoms with E-state index in [0.717, 1.165) is 18.7 Å². The number of hydrogen-bond acceptors (Lipinski definition) is 3. The molecule has 1 fully saturated rings. The maximum absolute atomic E-state index is 6.26. The topological polar surface area (TPSA) is 60.1 Å². The van der Waals surface area contributed by atoms with Crippen LogP contribution in [0, 0.1) is 0 Å². The summed E-state index contributed by atoms with van der Waals surface area (Å²) < 4.78 is 10.9. The number of aliphatic imine (C=N–C) groups is 1. The van der Waals surface area contributed by atoms with Crippen LogP contribution < -0.4 is 15.2 Å². The number of likely N-dealkylation sites (tertiary alicyclic amines) is 1. The molecule has 1 heterocycles. The van der Waals surface area contributed by atoms with Gasteiger partial charge in [0.15, 0.2) is 17.5 Å². The van der Waals surface area contributed by atoms with Gasteiger partial charge in [-0.1, -0.05) is 11.6 Å². The van der Waals surface area contributed by atoms with Crippen molar-refractivity contribution in [3.63, 3.8) is 0 Å². The fraction of sp³-hybridized carbons (Fsp3) is 0.562. The van der Waals surface area contributed by atoms with Crippen LogP contribution in [0.5, 0.6) is 11.5 Å². The van der Waals surface area contributed by atoms with E-state index >= 15 is 0 Å². The fourth-order valence-corrected chi connectivity index (χ4v) is 2.83. The Bertz CT molecular complexity index is 534. The molecule has 2 rings (SSSR count). The summed E-state index contributed by atoms with van der Waals surface area (Å²) in [7, 11) is 1.60. The van der Waals surface area contributed by atoms with Gasteiger partial charge in [0.05, 0.1) is 25.3 Å². The summed E-state index contributed by atoms with van der Waals surface area (Å²) in [5, 5.41) is 0.531. The minimum Gasteiger partial charge on any atom is -0.493 e. The Balaban J connectivity index is 0.00000264. The molecule has 0 bridgehead atoms. The quantitative estimate of drug-likeness (QED) is 0.420. The third kappa shape index (κ3) is 5.60. The van der Waals surface area contributed by atoms with Crippen LogP contribution in [0.25, 0.3) is 0 Å². The van der Waals surface area contributed by atoms with Crippen LogP contribution >= 0.6 is 35.6 Å². The molecular formula is C16H25ClIN3O2. The van der Waals surface area contributed by atoms with Crippen molar-refractivity contribution in [3.8, 4) is 11.5 Å². The molecule has 0 aliphatic carbocycles. The highest BCUT2D eigenvalue weighted by Gasteiger charge is 2.13. The van der Waals surface area contributed by atoms with Crippen molar-refractivity contribution in [2.45, 2.75) is 32.7 Å². The number of benzene rings is 1. The average molecular weight is 454 g/mol. The Morgan fingerprint density at radius 3 is 2.61 bits per heavy atom. The number of nitrogens with two attached hydrogens (primary N) is 1. The minimum atomic E-state index is 0. The first kappa shape index (κ1) is 20.2. The maximum atomic E-state index is 6.26. The van der Waals surface area contributed by atoms with E-state index in [-0.39, 0.29) is 24.0 Å². The lowest BCUT2D eigenvalue weighted by atomic mass is 10.1. The highest BCUT2D eigenvalue weighted by Crippen LogP contribution is 2.36. The molecule has 0 saturated carbocycles. The van der Waals surface area contributed by atoms with Crippen molar-refractivity contribution >= 4 is 41.5 Å². The highest BCUT2D eigenvalue weighted by atomic mass is 127. The monoisotopic (exact) mass is 453 g/mol. The van der Waals surface area contributed by atoms with Gasteiger partial charge in [0.2, 0.25) is 0 Å². The number of methoxy groups -OCH3 is 1. The van der Waals surface area contributed by atoms with Crippen molar-refractivity contribution in [3.05, 3.63) is 22.7 Å². The molecule has 0 aromatic heterocycles. The number of hydrogen-bond donors (Lipinski definition) is 1. The molecule has 1 aromatic rings. The Hall–Kier alpha value is -0.890. The van der Waals surface area contributed by atoms with E-state index in [4.69, 9.17) is 26.8 Å². The Morgan fingerprint density at radius 1 is 1.30 bits per heavy atom. The summed E-state index contributed by atoms with van der Waals surface area (Å²) in [6.45, 7) is 4.90. The zero-order chi connectivity index (χ0) is 15.9. The lowest BCUT2D eigenvalue weighted by Gasteiger charge is -2.27. The average Bonchev–Trinajstić information content (AvgIpc) is 2.55. The molecule has 0 atom stereocenters. The fourth-order valence-electron chi connectivity index (χ4n) is 2.54. The van der Waals surface area contributed by atoms with Gasteiger partial charge in [0.1, 0.15) is 0 Å². The second kappa shape index (κ2) is 10.1. The van der Waals surface area contributed by atoms with Gasteiger partial charge in [-0.2, -0.15) is 0 Å². The zero-order valence-electron chi connectivity index (χ0n) is 13.7. The lowest BCUT2D eigenvalue weighted by molar-refractivity contribution is 0.311. The van der Waals surface area contributed by atoms with Crippen molar-refractivity contribution in [2.75, 3.05) is 26.8 Å². The van der Waals surface area contributed by atoms with Crippen LogP contribution in [0.15, 0.2) is 17.1 Å². The molecule has 0 amide bonds. The molecule has 5 nitrogen and oxygen atoms in total. The first-order chi connectivity index (χ1) is 10.7.